The van der Waals surface area contributed by atoms with Crippen LogP contribution in [0, 0.1) is 0 Å². The second kappa shape index (κ2) is 8.11. The van der Waals surface area contributed by atoms with Gasteiger partial charge >= 0.3 is 0 Å². The highest BCUT2D eigenvalue weighted by Crippen LogP contribution is 2.23. The van der Waals surface area contributed by atoms with Crippen molar-refractivity contribution < 1.29 is 9.53 Å². The molecule has 10 heteroatoms. The standard InChI is InChI=1S/C16H15N5O3S2/c1-3-24-11-6-4-10(5-7-11)21-9-8-12(22)13(20-21)14(23)17-15-18-19-16(25-2)26-15/h4-9H,3H2,1-2H3,(H,17,18,23). The molecule has 1 N–H and O–H groups in total. The number of thioether (sulfide) groups is 1. The van der Waals surface area contributed by atoms with Crippen LogP contribution in [0.1, 0.15) is 17.4 Å². The number of carbonyl (C=O) groups excluding carboxylic acids is 1. The van der Waals surface area contributed by atoms with E-state index in [1.807, 2.05) is 13.2 Å². The van der Waals surface area contributed by atoms with Crippen molar-refractivity contribution in [2.75, 3.05) is 18.2 Å². The van der Waals surface area contributed by atoms with Gasteiger partial charge in [-0.1, -0.05) is 23.1 Å². The van der Waals surface area contributed by atoms with E-state index >= 15 is 0 Å². The van der Waals surface area contributed by atoms with E-state index in [4.69, 9.17) is 4.74 Å². The van der Waals surface area contributed by atoms with Crippen molar-refractivity contribution in [1.82, 2.24) is 20.0 Å². The molecule has 0 atom stereocenters. The van der Waals surface area contributed by atoms with Gasteiger partial charge in [-0.3, -0.25) is 14.9 Å². The maximum absolute atomic E-state index is 12.4. The molecule has 2 aromatic heterocycles. The highest BCUT2D eigenvalue weighted by atomic mass is 32.2. The van der Waals surface area contributed by atoms with Crippen molar-refractivity contribution in [3.05, 3.63) is 52.4 Å². The van der Waals surface area contributed by atoms with Crippen LogP contribution in [-0.2, 0) is 0 Å². The van der Waals surface area contributed by atoms with E-state index in [0.29, 0.717) is 21.8 Å². The Bertz CT molecular complexity index is 969. The fraction of sp³-hybridized carbons (Fsp3) is 0.188. The zero-order valence-electron chi connectivity index (χ0n) is 14.0. The number of rotatable bonds is 6. The lowest BCUT2D eigenvalue weighted by Gasteiger charge is -2.08. The van der Waals surface area contributed by atoms with Gasteiger partial charge in [-0.25, -0.2) is 4.68 Å². The van der Waals surface area contributed by atoms with Crippen LogP contribution in [0.25, 0.3) is 5.69 Å². The van der Waals surface area contributed by atoms with Crippen molar-refractivity contribution in [3.8, 4) is 11.4 Å². The molecule has 0 spiro atoms. The van der Waals surface area contributed by atoms with Gasteiger partial charge < -0.3 is 4.74 Å². The Balaban J connectivity index is 1.84. The number of nitrogens with zero attached hydrogens (tertiary/aromatic N) is 4. The summed E-state index contributed by atoms with van der Waals surface area (Å²) < 4.78 is 7.57. The predicted octanol–water partition coefficient (Wildman–Crippen LogP) is 2.46. The molecule has 3 aromatic rings. The molecule has 1 amide bonds. The minimum Gasteiger partial charge on any atom is -0.494 e. The first-order valence-corrected chi connectivity index (χ1v) is 9.67. The topological polar surface area (TPSA) is 99.0 Å². The van der Waals surface area contributed by atoms with Crippen molar-refractivity contribution >= 4 is 34.1 Å². The monoisotopic (exact) mass is 389 g/mol. The quantitative estimate of drug-likeness (QED) is 0.511. The van der Waals surface area contributed by atoms with E-state index < -0.39 is 11.3 Å². The second-order valence-electron chi connectivity index (χ2n) is 4.93. The van der Waals surface area contributed by atoms with Crippen LogP contribution in [0.5, 0.6) is 5.75 Å². The van der Waals surface area contributed by atoms with Gasteiger partial charge in [0.1, 0.15) is 5.75 Å². The first-order chi connectivity index (χ1) is 12.6. The third kappa shape index (κ3) is 4.09. The lowest BCUT2D eigenvalue weighted by molar-refractivity contribution is 0.101. The number of amides is 1. The van der Waals surface area contributed by atoms with Crippen LogP contribution < -0.4 is 15.5 Å². The molecule has 0 bridgehead atoms. The van der Waals surface area contributed by atoms with Crippen molar-refractivity contribution in [3.63, 3.8) is 0 Å². The Morgan fingerprint density at radius 3 is 2.69 bits per heavy atom. The largest absolute Gasteiger partial charge is 0.494 e. The number of hydrogen-bond acceptors (Lipinski definition) is 8. The Morgan fingerprint density at radius 1 is 1.27 bits per heavy atom. The molecule has 0 aliphatic heterocycles. The van der Waals surface area contributed by atoms with E-state index in [2.05, 4.69) is 20.6 Å². The minimum absolute atomic E-state index is 0.220. The second-order valence-corrected chi connectivity index (χ2v) is 6.96. The average molecular weight is 389 g/mol. The van der Waals surface area contributed by atoms with E-state index in [9.17, 15) is 9.59 Å². The summed E-state index contributed by atoms with van der Waals surface area (Å²) in [5, 5.41) is 14.8. The molecule has 0 unspecified atom stereocenters. The van der Waals surface area contributed by atoms with Gasteiger partial charge in [-0.15, -0.1) is 10.2 Å². The zero-order chi connectivity index (χ0) is 18.5. The zero-order valence-corrected chi connectivity index (χ0v) is 15.6. The summed E-state index contributed by atoms with van der Waals surface area (Å²) >= 11 is 2.65. The smallest absolute Gasteiger partial charge is 0.282 e. The number of benzene rings is 1. The normalized spacial score (nSPS) is 10.5. The number of carbonyl (C=O) groups is 1. The van der Waals surface area contributed by atoms with Gasteiger partial charge in [0.25, 0.3) is 5.91 Å². The number of ether oxygens (including phenoxy) is 1. The first-order valence-electron chi connectivity index (χ1n) is 7.62. The average Bonchev–Trinajstić information content (AvgIpc) is 3.10. The third-order valence-electron chi connectivity index (χ3n) is 3.24. The molecule has 0 saturated heterocycles. The van der Waals surface area contributed by atoms with E-state index in [1.54, 1.807) is 24.3 Å². The number of anilines is 1. The molecule has 26 heavy (non-hydrogen) atoms. The van der Waals surface area contributed by atoms with E-state index in [-0.39, 0.29) is 5.69 Å². The summed E-state index contributed by atoms with van der Waals surface area (Å²) in [5.41, 5.74) is 0.00432. The Morgan fingerprint density at radius 2 is 2.04 bits per heavy atom. The van der Waals surface area contributed by atoms with Gasteiger partial charge in [0.2, 0.25) is 10.6 Å². The molecule has 0 fully saturated rings. The van der Waals surface area contributed by atoms with Crippen molar-refractivity contribution in [1.29, 1.82) is 0 Å². The van der Waals surface area contributed by atoms with Crippen LogP contribution in [-0.4, -0.2) is 38.7 Å². The molecule has 1 aromatic carbocycles. The summed E-state index contributed by atoms with van der Waals surface area (Å²) in [5.74, 6) is 0.107. The fourth-order valence-corrected chi connectivity index (χ4v) is 3.23. The number of nitrogens with one attached hydrogen (secondary N) is 1. The molecule has 3 rings (SSSR count). The maximum atomic E-state index is 12.4. The van der Waals surface area contributed by atoms with Crippen molar-refractivity contribution in [2.24, 2.45) is 0 Å². The summed E-state index contributed by atoms with van der Waals surface area (Å²) in [6, 6.07) is 8.47. The third-order valence-corrected chi connectivity index (χ3v) is 5.05. The van der Waals surface area contributed by atoms with Crippen LogP contribution in [0.2, 0.25) is 0 Å². The summed E-state index contributed by atoms with van der Waals surface area (Å²) in [7, 11) is 0. The van der Waals surface area contributed by atoms with Gasteiger partial charge in [0.15, 0.2) is 10.0 Å². The van der Waals surface area contributed by atoms with Crippen LogP contribution >= 0.6 is 23.1 Å². The lowest BCUT2D eigenvalue weighted by Crippen LogP contribution is -2.25. The minimum atomic E-state index is -0.626. The van der Waals surface area contributed by atoms with Crippen LogP contribution in [0.4, 0.5) is 5.13 Å². The van der Waals surface area contributed by atoms with Gasteiger partial charge in [0, 0.05) is 12.3 Å². The van der Waals surface area contributed by atoms with Crippen LogP contribution in [0.15, 0.2) is 45.7 Å². The molecule has 0 aliphatic rings. The predicted molar refractivity (Wildman–Crippen MR) is 101 cm³/mol. The molecular formula is C16H15N5O3S2. The summed E-state index contributed by atoms with van der Waals surface area (Å²) in [6.45, 7) is 2.48. The molecule has 0 aliphatic carbocycles. The first kappa shape index (κ1) is 18.1. The van der Waals surface area contributed by atoms with Crippen molar-refractivity contribution in [2.45, 2.75) is 11.3 Å². The van der Waals surface area contributed by atoms with Gasteiger partial charge in [-0.05, 0) is 37.4 Å². The molecule has 134 valence electrons. The van der Waals surface area contributed by atoms with E-state index in [1.165, 1.54) is 40.0 Å². The number of aromatic nitrogens is 4. The van der Waals surface area contributed by atoms with Gasteiger partial charge in [0.05, 0.1) is 12.3 Å². The molecule has 2 heterocycles. The van der Waals surface area contributed by atoms with Crippen LogP contribution in [0.3, 0.4) is 0 Å². The number of hydrogen-bond donors (Lipinski definition) is 1. The lowest BCUT2D eigenvalue weighted by atomic mass is 10.3. The molecule has 8 nitrogen and oxygen atoms in total. The highest BCUT2D eigenvalue weighted by Gasteiger charge is 2.16. The van der Waals surface area contributed by atoms with E-state index in [0.717, 1.165) is 5.75 Å². The summed E-state index contributed by atoms with van der Waals surface area (Å²) in [6.07, 6.45) is 3.37. The molecule has 0 saturated carbocycles. The van der Waals surface area contributed by atoms with Gasteiger partial charge in [-0.2, -0.15) is 5.10 Å². The Kier molecular flexibility index (Phi) is 5.64. The highest BCUT2D eigenvalue weighted by molar-refractivity contribution is 8.00. The molecule has 0 radical (unpaired) electrons. The fourth-order valence-electron chi connectivity index (χ4n) is 2.07. The SMILES string of the molecule is CCOc1ccc(-n2ccc(=O)c(C(=O)Nc3nnc(SC)s3)n2)cc1. The molecular weight excluding hydrogens is 374 g/mol. The summed E-state index contributed by atoms with van der Waals surface area (Å²) in [4.78, 5) is 24.4. The maximum Gasteiger partial charge on any atom is 0.282 e. The Hall–Kier alpha value is -2.72. The Labute approximate surface area is 157 Å².